The highest BCUT2D eigenvalue weighted by Crippen LogP contribution is 2.24. The summed E-state index contributed by atoms with van der Waals surface area (Å²) in [6, 6.07) is 4.07. The van der Waals surface area contributed by atoms with Crippen LogP contribution in [0.15, 0.2) is 23.6 Å². The van der Waals surface area contributed by atoms with Crippen LogP contribution in [0.4, 0.5) is 10.1 Å². The van der Waals surface area contributed by atoms with Gasteiger partial charge in [-0.3, -0.25) is 9.69 Å². The number of hydrogen-bond acceptors (Lipinski definition) is 5. The highest BCUT2D eigenvalue weighted by molar-refractivity contribution is 7.09. The first-order valence-corrected chi connectivity index (χ1v) is 7.55. The molecule has 8 heteroatoms. The number of nitrogens with zero attached hydrogens (tertiary/aromatic N) is 3. The van der Waals surface area contributed by atoms with Gasteiger partial charge in [-0.2, -0.15) is 5.26 Å². The first-order valence-electron chi connectivity index (χ1n) is 6.29. The van der Waals surface area contributed by atoms with Crippen molar-refractivity contribution in [2.24, 2.45) is 0 Å². The zero-order chi connectivity index (χ0) is 16.1. The monoisotopic (exact) mass is 338 g/mol. The molecular weight excluding hydrogens is 327 g/mol. The topological polar surface area (TPSA) is 69.0 Å². The van der Waals surface area contributed by atoms with Crippen molar-refractivity contribution in [3.05, 3.63) is 45.1 Å². The molecule has 1 heterocycles. The Morgan fingerprint density at radius 2 is 2.36 bits per heavy atom. The number of benzene rings is 1. The van der Waals surface area contributed by atoms with Crippen molar-refractivity contribution >= 4 is 34.5 Å². The third-order valence-electron chi connectivity index (χ3n) is 2.85. The fourth-order valence-electron chi connectivity index (χ4n) is 1.73. The molecule has 2 rings (SSSR count). The summed E-state index contributed by atoms with van der Waals surface area (Å²) < 4.78 is 13.2. The SMILES string of the molecule is CNC(=O)Cc1nc(CN(C#N)c2ccc(F)c(Cl)c2)cs1. The Hall–Kier alpha value is -2.17. The molecule has 0 radical (unpaired) electrons. The van der Waals surface area contributed by atoms with E-state index in [1.807, 2.05) is 6.19 Å². The lowest BCUT2D eigenvalue weighted by Crippen LogP contribution is -2.20. The molecule has 0 saturated carbocycles. The molecule has 0 unspecified atom stereocenters. The standard InChI is InChI=1S/C14H12ClFN4OS/c1-18-13(21)5-14-19-9(7-22-14)6-20(8-17)10-2-3-12(16)11(15)4-10/h2-4,7H,5-6H2,1H3,(H,18,21). The van der Waals surface area contributed by atoms with Crippen LogP contribution in [-0.4, -0.2) is 17.9 Å². The zero-order valence-corrected chi connectivity index (χ0v) is 13.2. The molecule has 1 aromatic carbocycles. The fraction of sp³-hybridized carbons (Fsp3) is 0.214. The first-order chi connectivity index (χ1) is 10.5. The van der Waals surface area contributed by atoms with E-state index in [9.17, 15) is 14.4 Å². The number of halogens is 2. The number of carbonyl (C=O) groups excluding carboxylic acids is 1. The van der Waals surface area contributed by atoms with Crippen molar-refractivity contribution in [2.45, 2.75) is 13.0 Å². The molecule has 22 heavy (non-hydrogen) atoms. The summed E-state index contributed by atoms with van der Waals surface area (Å²) in [7, 11) is 1.56. The van der Waals surface area contributed by atoms with Gasteiger partial charge in [-0.25, -0.2) is 9.37 Å². The molecule has 1 amide bonds. The fourth-order valence-corrected chi connectivity index (χ4v) is 2.69. The Morgan fingerprint density at radius 3 is 3.00 bits per heavy atom. The van der Waals surface area contributed by atoms with Gasteiger partial charge < -0.3 is 5.32 Å². The molecule has 0 bridgehead atoms. The van der Waals surface area contributed by atoms with E-state index in [1.165, 1.54) is 34.4 Å². The number of rotatable bonds is 5. The lowest BCUT2D eigenvalue weighted by Gasteiger charge is -2.14. The molecule has 0 saturated heterocycles. The minimum atomic E-state index is -0.537. The molecule has 1 N–H and O–H groups in total. The van der Waals surface area contributed by atoms with E-state index in [1.54, 1.807) is 12.4 Å². The second-order valence-corrected chi connectivity index (χ2v) is 5.72. The number of likely N-dealkylation sites (N-methyl/N-ethyl adjacent to an activating group) is 1. The van der Waals surface area contributed by atoms with Crippen LogP contribution in [0.2, 0.25) is 5.02 Å². The molecule has 0 aliphatic carbocycles. The van der Waals surface area contributed by atoms with E-state index in [4.69, 9.17) is 11.6 Å². The number of thiazole rings is 1. The molecule has 2 aromatic rings. The van der Waals surface area contributed by atoms with E-state index < -0.39 is 5.82 Å². The molecule has 0 spiro atoms. The van der Waals surface area contributed by atoms with Gasteiger partial charge in [-0.1, -0.05) is 11.6 Å². The van der Waals surface area contributed by atoms with Crippen molar-refractivity contribution < 1.29 is 9.18 Å². The van der Waals surface area contributed by atoms with Gasteiger partial charge in [-0.15, -0.1) is 11.3 Å². The van der Waals surface area contributed by atoms with Gasteiger partial charge in [-0.05, 0) is 18.2 Å². The maximum Gasteiger partial charge on any atom is 0.226 e. The zero-order valence-electron chi connectivity index (χ0n) is 11.6. The average molecular weight is 339 g/mol. The number of amides is 1. The van der Waals surface area contributed by atoms with Crippen molar-refractivity contribution in [2.75, 3.05) is 11.9 Å². The van der Waals surface area contributed by atoms with Crippen LogP contribution >= 0.6 is 22.9 Å². The Labute approximate surface area is 136 Å². The van der Waals surface area contributed by atoms with Gasteiger partial charge >= 0.3 is 0 Å². The van der Waals surface area contributed by atoms with E-state index in [-0.39, 0.29) is 23.9 Å². The first kappa shape index (κ1) is 16.2. The Bertz CT molecular complexity index is 728. The quantitative estimate of drug-likeness (QED) is 0.672. The van der Waals surface area contributed by atoms with Crippen molar-refractivity contribution in [3.63, 3.8) is 0 Å². The van der Waals surface area contributed by atoms with Gasteiger partial charge in [0.2, 0.25) is 5.91 Å². The van der Waals surface area contributed by atoms with E-state index >= 15 is 0 Å². The van der Waals surface area contributed by atoms with E-state index in [2.05, 4.69) is 10.3 Å². The van der Waals surface area contributed by atoms with Crippen LogP contribution in [0, 0.1) is 17.3 Å². The molecular formula is C14H12ClFN4OS. The van der Waals surface area contributed by atoms with Crippen molar-refractivity contribution in [1.29, 1.82) is 5.26 Å². The number of carbonyl (C=O) groups is 1. The van der Waals surface area contributed by atoms with Gasteiger partial charge in [0.25, 0.3) is 0 Å². The summed E-state index contributed by atoms with van der Waals surface area (Å²) >= 11 is 7.08. The highest BCUT2D eigenvalue weighted by Gasteiger charge is 2.12. The summed E-state index contributed by atoms with van der Waals surface area (Å²) in [5, 5.41) is 14.2. The summed E-state index contributed by atoms with van der Waals surface area (Å²) in [4.78, 5) is 17.0. The largest absolute Gasteiger partial charge is 0.359 e. The van der Waals surface area contributed by atoms with E-state index in [0.717, 1.165) is 0 Å². The average Bonchev–Trinajstić information content (AvgIpc) is 2.94. The Morgan fingerprint density at radius 1 is 1.59 bits per heavy atom. The third-order valence-corrected chi connectivity index (χ3v) is 4.03. The molecule has 0 aliphatic heterocycles. The van der Waals surface area contributed by atoms with Gasteiger partial charge in [0.1, 0.15) is 10.8 Å². The van der Waals surface area contributed by atoms with Gasteiger partial charge in [0.05, 0.1) is 29.4 Å². The summed E-state index contributed by atoms with van der Waals surface area (Å²) in [6.07, 6.45) is 2.22. The molecule has 114 valence electrons. The lowest BCUT2D eigenvalue weighted by atomic mass is 10.3. The van der Waals surface area contributed by atoms with Gasteiger partial charge in [0, 0.05) is 12.4 Å². The Kier molecular flexibility index (Phi) is 5.31. The second kappa shape index (κ2) is 7.20. The molecule has 1 aromatic heterocycles. The predicted molar refractivity (Wildman–Crippen MR) is 83.1 cm³/mol. The van der Waals surface area contributed by atoms with Crippen LogP contribution in [-0.2, 0) is 17.8 Å². The summed E-state index contributed by atoms with van der Waals surface area (Å²) in [5.74, 6) is -0.659. The van der Waals surface area contributed by atoms with Gasteiger partial charge in [0.15, 0.2) is 6.19 Å². The highest BCUT2D eigenvalue weighted by atomic mass is 35.5. The van der Waals surface area contributed by atoms with Crippen LogP contribution in [0.3, 0.4) is 0 Å². The minimum Gasteiger partial charge on any atom is -0.359 e. The molecule has 5 nitrogen and oxygen atoms in total. The number of nitrogens with one attached hydrogen (secondary N) is 1. The lowest BCUT2D eigenvalue weighted by molar-refractivity contribution is -0.119. The minimum absolute atomic E-state index is 0.0451. The third kappa shape index (κ3) is 3.93. The van der Waals surface area contributed by atoms with Crippen LogP contribution < -0.4 is 10.2 Å². The number of hydrogen-bond donors (Lipinski definition) is 1. The maximum absolute atomic E-state index is 13.2. The summed E-state index contributed by atoms with van der Waals surface area (Å²) in [5.41, 5.74) is 1.14. The smallest absolute Gasteiger partial charge is 0.226 e. The second-order valence-electron chi connectivity index (χ2n) is 4.37. The Balaban J connectivity index is 2.12. The maximum atomic E-state index is 13.2. The van der Waals surface area contributed by atoms with Crippen LogP contribution in [0.1, 0.15) is 10.7 Å². The van der Waals surface area contributed by atoms with Crippen molar-refractivity contribution in [3.8, 4) is 6.19 Å². The van der Waals surface area contributed by atoms with Crippen molar-refractivity contribution in [1.82, 2.24) is 10.3 Å². The number of anilines is 1. The molecule has 0 aliphatic rings. The number of aromatic nitrogens is 1. The molecule has 0 atom stereocenters. The van der Waals surface area contributed by atoms with Crippen LogP contribution in [0.5, 0.6) is 0 Å². The molecule has 0 fully saturated rings. The summed E-state index contributed by atoms with van der Waals surface area (Å²) in [6.45, 7) is 0.225. The van der Waals surface area contributed by atoms with E-state index in [0.29, 0.717) is 16.4 Å². The predicted octanol–water partition coefficient (Wildman–Crippen LogP) is 2.71. The number of nitriles is 1. The van der Waals surface area contributed by atoms with Crippen LogP contribution in [0.25, 0.3) is 0 Å². The normalized spacial score (nSPS) is 10.1.